The molecule has 0 N–H and O–H groups in total. The second-order valence-electron chi connectivity index (χ2n) is 3.62. The first-order valence-corrected chi connectivity index (χ1v) is 6.27. The number of ether oxygens (including phenoxy) is 1. The Bertz CT molecular complexity index is 552. The van der Waals surface area contributed by atoms with Crippen molar-refractivity contribution in [3.63, 3.8) is 0 Å². The van der Waals surface area contributed by atoms with Gasteiger partial charge in [0, 0.05) is 18.6 Å². The quantitative estimate of drug-likeness (QED) is 0.275. The van der Waals surface area contributed by atoms with Gasteiger partial charge in [0.05, 0.1) is 11.6 Å². The summed E-state index contributed by atoms with van der Waals surface area (Å²) < 4.78 is 4.76. The Hall–Kier alpha value is -2.14. The van der Waals surface area contributed by atoms with Gasteiger partial charge < -0.3 is 9.57 Å². The van der Waals surface area contributed by atoms with Crippen LogP contribution in [0.15, 0.2) is 41.6 Å². The lowest BCUT2D eigenvalue weighted by molar-refractivity contribution is -0.141. The van der Waals surface area contributed by atoms with E-state index in [0.29, 0.717) is 10.6 Å². The summed E-state index contributed by atoms with van der Waals surface area (Å²) in [5.74, 6) is -1.09. The lowest BCUT2D eigenvalue weighted by Gasteiger charge is -2.03. The van der Waals surface area contributed by atoms with Crippen LogP contribution in [0.1, 0.15) is 19.4 Å². The Balaban J connectivity index is 3.04. The first-order valence-electron chi connectivity index (χ1n) is 5.90. The molecule has 106 valence electrons. The van der Waals surface area contributed by atoms with Gasteiger partial charge in [-0.2, -0.15) is 0 Å². The van der Waals surface area contributed by atoms with E-state index >= 15 is 0 Å². The SMILES string of the molecule is CCOC(=O)C=CC(=NOC(C)=O)c1ccccc1Cl. The number of esters is 1. The van der Waals surface area contributed by atoms with Gasteiger partial charge in [0.1, 0.15) is 5.71 Å². The molecule has 0 bridgehead atoms. The first kappa shape index (κ1) is 15.9. The molecule has 0 spiro atoms. The van der Waals surface area contributed by atoms with Crippen molar-refractivity contribution in [2.75, 3.05) is 6.61 Å². The molecule has 0 saturated heterocycles. The summed E-state index contributed by atoms with van der Waals surface area (Å²) in [6, 6.07) is 6.87. The van der Waals surface area contributed by atoms with Crippen molar-refractivity contribution in [1.82, 2.24) is 0 Å². The molecule has 0 aliphatic heterocycles. The fourth-order valence-corrected chi connectivity index (χ4v) is 1.52. The van der Waals surface area contributed by atoms with Gasteiger partial charge in [-0.25, -0.2) is 9.59 Å². The third kappa shape index (κ3) is 5.24. The van der Waals surface area contributed by atoms with Crippen LogP contribution >= 0.6 is 11.6 Å². The van der Waals surface area contributed by atoms with Gasteiger partial charge in [-0.15, -0.1) is 0 Å². The van der Waals surface area contributed by atoms with Gasteiger partial charge in [0.25, 0.3) is 0 Å². The smallest absolute Gasteiger partial charge is 0.332 e. The van der Waals surface area contributed by atoms with E-state index in [1.54, 1.807) is 31.2 Å². The van der Waals surface area contributed by atoms with Gasteiger partial charge in [-0.05, 0) is 19.1 Å². The monoisotopic (exact) mass is 295 g/mol. The lowest BCUT2D eigenvalue weighted by Crippen LogP contribution is -2.05. The molecular formula is C14H14ClNO4. The maximum absolute atomic E-state index is 11.3. The van der Waals surface area contributed by atoms with Crippen molar-refractivity contribution in [2.24, 2.45) is 5.16 Å². The average molecular weight is 296 g/mol. The van der Waals surface area contributed by atoms with Crippen LogP contribution in [-0.2, 0) is 19.2 Å². The van der Waals surface area contributed by atoms with Crippen molar-refractivity contribution in [2.45, 2.75) is 13.8 Å². The summed E-state index contributed by atoms with van der Waals surface area (Å²) >= 11 is 6.04. The van der Waals surface area contributed by atoms with Crippen LogP contribution in [0, 0.1) is 0 Å². The van der Waals surface area contributed by atoms with E-state index in [1.165, 1.54) is 19.1 Å². The number of carbonyl (C=O) groups is 2. The zero-order valence-corrected chi connectivity index (χ0v) is 11.9. The highest BCUT2D eigenvalue weighted by atomic mass is 35.5. The molecule has 0 aromatic heterocycles. The first-order chi connectivity index (χ1) is 9.54. The Morgan fingerprint density at radius 1 is 1.30 bits per heavy atom. The van der Waals surface area contributed by atoms with E-state index in [1.807, 2.05) is 0 Å². The summed E-state index contributed by atoms with van der Waals surface area (Å²) in [5.41, 5.74) is 0.787. The molecular weight excluding hydrogens is 282 g/mol. The number of carbonyl (C=O) groups excluding carboxylic acids is 2. The average Bonchev–Trinajstić information content (AvgIpc) is 2.40. The molecule has 0 atom stereocenters. The van der Waals surface area contributed by atoms with Crippen LogP contribution in [0.4, 0.5) is 0 Å². The van der Waals surface area contributed by atoms with Crippen molar-refractivity contribution in [3.8, 4) is 0 Å². The third-order valence-corrected chi connectivity index (χ3v) is 2.42. The molecule has 0 heterocycles. The number of hydrogen-bond donors (Lipinski definition) is 0. The largest absolute Gasteiger partial charge is 0.463 e. The lowest BCUT2D eigenvalue weighted by atomic mass is 10.1. The van der Waals surface area contributed by atoms with Crippen molar-refractivity contribution in [1.29, 1.82) is 0 Å². The molecule has 0 unspecified atom stereocenters. The topological polar surface area (TPSA) is 65.0 Å². The summed E-state index contributed by atoms with van der Waals surface area (Å²) in [4.78, 5) is 26.7. The second kappa shape index (κ2) is 8.12. The Labute approximate surface area is 121 Å². The van der Waals surface area contributed by atoms with Gasteiger partial charge in [0.2, 0.25) is 0 Å². The number of nitrogens with zero attached hydrogens (tertiary/aromatic N) is 1. The minimum atomic E-state index is -0.570. The fraction of sp³-hybridized carbons (Fsp3) is 0.214. The second-order valence-corrected chi connectivity index (χ2v) is 4.03. The number of hydrogen-bond acceptors (Lipinski definition) is 5. The molecule has 1 rings (SSSR count). The van der Waals surface area contributed by atoms with Crippen LogP contribution in [0.25, 0.3) is 0 Å². The number of oxime groups is 1. The number of allylic oxidation sites excluding steroid dienone is 1. The van der Waals surface area contributed by atoms with E-state index in [2.05, 4.69) is 9.99 Å². The third-order valence-electron chi connectivity index (χ3n) is 2.09. The number of benzene rings is 1. The highest BCUT2D eigenvalue weighted by Crippen LogP contribution is 2.16. The maximum Gasteiger partial charge on any atom is 0.332 e. The van der Waals surface area contributed by atoms with Crippen molar-refractivity contribution >= 4 is 29.3 Å². The van der Waals surface area contributed by atoms with E-state index in [0.717, 1.165) is 0 Å². The number of halogens is 1. The van der Waals surface area contributed by atoms with Gasteiger partial charge in [-0.3, -0.25) is 0 Å². The zero-order valence-electron chi connectivity index (χ0n) is 11.1. The molecule has 0 fully saturated rings. The van der Waals surface area contributed by atoms with Crippen molar-refractivity contribution in [3.05, 3.63) is 47.0 Å². The normalized spacial score (nSPS) is 11.4. The maximum atomic E-state index is 11.3. The van der Waals surface area contributed by atoms with Gasteiger partial charge >= 0.3 is 11.9 Å². The Morgan fingerprint density at radius 2 is 2.00 bits per heavy atom. The summed E-state index contributed by atoms with van der Waals surface area (Å²) in [6.07, 6.45) is 2.57. The van der Waals surface area contributed by atoms with Crippen LogP contribution in [0.5, 0.6) is 0 Å². The van der Waals surface area contributed by atoms with E-state index < -0.39 is 11.9 Å². The highest BCUT2D eigenvalue weighted by molar-refractivity contribution is 6.35. The Morgan fingerprint density at radius 3 is 2.60 bits per heavy atom. The molecule has 0 aliphatic rings. The summed E-state index contributed by atoms with van der Waals surface area (Å²) in [5, 5.41) is 4.10. The zero-order chi connectivity index (χ0) is 15.0. The predicted octanol–water partition coefficient (Wildman–Crippen LogP) is 2.73. The van der Waals surface area contributed by atoms with Crippen molar-refractivity contribution < 1.29 is 19.2 Å². The van der Waals surface area contributed by atoms with E-state index in [4.69, 9.17) is 16.3 Å². The van der Waals surface area contributed by atoms with Crippen LogP contribution in [0.2, 0.25) is 5.02 Å². The molecule has 0 saturated carbocycles. The Kier molecular flexibility index (Phi) is 6.46. The molecule has 5 nitrogen and oxygen atoms in total. The molecule has 1 aromatic rings. The molecule has 0 radical (unpaired) electrons. The van der Waals surface area contributed by atoms with E-state index in [-0.39, 0.29) is 12.3 Å². The minimum absolute atomic E-state index is 0.249. The van der Waals surface area contributed by atoms with Gasteiger partial charge in [0.15, 0.2) is 0 Å². The van der Waals surface area contributed by atoms with Crippen LogP contribution in [0.3, 0.4) is 0 Å². The fourth-order valence-electron chi connectivity index (χ4n) is 1.29. The molecule has 0 amide bonds. The summed E-state index contributed by atoms with van der Waals surface area (Å²) in [6.45, 7) is 3.20. The molecule has 0 aliphatic carbocycles. The van der Waals surface area contributed by atoms with E-state index in [9.17, 15) is 9.59 Å². The molecule has 20 heavy (non-hydrogen) atoms. The van der Waals surface area contributed by atoms with Crippen LogP contribution in [-0.4, -0.2) is 24.3 Å². The molecule has 1 aromatic carbocycles. The molecule has 6 heteroatoms. The standard InChI is InChI=1S/C14H14ClNO4/c1-3-19-14(18)9-8-13(16-20-10(2)17)11-6-4-5-7-12(11)15/h4-9H,3H2,1-2H3. The van der Waals surface area contributed by atoms with Gasteiger partial charge in [-0.1, -0.05) is 35.0 Å². The summed E-state index contributed by atoms with van der Waals surface area (Å²) in [7, 11) is 0. The number of rotatable bonds is 5. The predicted molar refractivity (Wildman–Crippen MR) is 75.5 cm³/mol. The minimum Gasteiger partial charge on any atom is -0.463 e. The highest BCUT2D eigenvalue weighted by Gasteiger charge is 2.07. The van der Waals surface area contributed by atoms with Crippen LogP contribution < -0.4 is 0 Å².